The zero-order chi connectivity index (χ0) is 14.8. The van der Waals surface area contributed by atoms with E-state index in [0.29, 0.717) is 20.9 Å². The van der Waals surface area contributed by atoms with E-state index in [1.54, 1.807) is 42.5 Å². The Morgan fingerprint density at radius 1 is 1.10 bits per heavy atom. The first kappa shape index (κ1) is 13.6. The van der Waals surface area contributed by atoms with Crippen molar-refractivity contribution < 1.29 is 4.79 Å². The highest BCUT2D eigenvalue weighted by Gasteiger charge is 2.13. The van der Waals surface area contributed by atoms with Gasteiger partial charge in [-0.2, -0.15) is 0 Å². The Balaban J connectivity index is 1.99. The Morgan fingerprint density at radius 2 is 1.81 bits per heavy atom. The molecule has 0 atom stereocenters. The molecule has 1 aromatic heterocycles. The number of fused-ring (bicyclic) bond motifs is 1. The van der Waals surface area contributed by atoms with Crippen LogP contribution in [0.5, 0.6) is 0 Å². The van der Waals surface area contributed by atoms with E-state index >= 15 is 0 Å². The van der Waals surface area contributed by atoms with Crippen LogP contribution in [0.4, 0.5) is 0 Å². The molecular weight excluding hydrogens is 334 g/mol. The SMILES string of the molecule is O=C(Cn1nnc2ccccc2c1=O)c1ccccc1Br. The minimum absolute atomic E-state index is 0.140. The van der Waals surface area contributed by atoms with Gasteiger partial charge in [0.1, 0.15) is 12.1 Å². The maximum atomic E-state index is 12.3. The lowest BCUT2D eigenvalue weighted by Gasteiger charge is -2.05. The molecule has 0 spiro atoms. The van der Waals surface area contributed by atoms with E-state index in [1.165, 1.54) is 0 Å². The normalized spacial score (nSPS) is 10.7. The predicted molar refractivity (Wildman–Crippen MR) is 82.3 cm³/mol. The zero-order valence-electron chi connectivity index (χ0n) is 10.9. The van der Waals surface area contributed by atoms with Crippen LogP contribution in [0.3, 0.4) is 0 Å². The molecule has 0 radical (unpaired) electrons. The molecule has 0 N–H and O–H groups in total. The maximum absolute atomic E-state index is 12.3. The van der Waals surface area contributed by atoms with Gasteiger partial charge in [-0.05, 0) is 18.2 Å². The second kappa shape index (κ2) is 5.57. The van der Waals surface area contributed by atoms with Crippen LogP contribution in [-0.4, -0.2) is 20.8 Å². The van der Waals surface area contributed by atoms with E-state index in [4.69, 9.17) is 0 Å². The second-order valence-electron chi connectivity index (χ2n) is 4.47. The Hall–Kier alpha value is -2.34. The first-order chi connectivity index (χ1) is 10.2. The molecule has 21 heavy (non-hydrogen) atoms. The molecule has 0 fully saturated rings. The highest BCUT2D eigenvalue weighted by Crippen LogP contribution is 2.16. The van der Waals surface area contributed by atoms with Gasteiger partial charge >= 0.3 is 0 Å². The summed E-state index contributed by atoms with van der Waals surface area (Å²) in [5.74, 6) is -0.200. The number of carbonyl (C=O) groups is 1. The van der Waals surface area contributed by atoms with Crippen molar-refractivity contribution in [3.63, 3.8) is 0 Å². The molecule has 3 rings (SSSR count). The Labute approximate surface area is 128 Å². The number of hydrogen-bond donors (Lipinski definition) is 0. The lowest BCUT2D eigenvalue weighted by molar-refractivity contribution is 0.0964. The van der Waals surface area contributed by atoms with Gasteiger partial charge in [0, 0.05) is 10.0 Å². The first-order valence-electron chi connectivity index (χ1n) is 6.27. The largest absolute Gasteiger partial charge is 0.292 e. The lowest BCUT2D eigenvalue weighted by Crippen LogP contribution is -2.28. The molecule has 0 amide bonds. The molecule has 0 saturated carbocycles. The summed E-state index contributed by atoms with van der Waals surface area (Å²) in [7, 11) is 0. The van der Waals surface area contributed by atoms with Crippen molar-refractivity contribution >= 4 is 32.6 Å². The van der Waals surface area contributed by atoms with Crippen LogP contribution >= 0.6 is 15.9 Å². The molecule has 104 valence electrons. The molecule has 0 bridgehead atoms. The van der Waals surface area contributed by atoms with Crippen LogP contribution in [0.25, 0.3) is 10.9 Å². The summed E-state index contributed by atoms with van der Waals surface area (Å²) in [6.07, 6.45) is 0. The van der Waals surface area contributed by atoms with Crippen molar-refractivity contribution in [2.45, 2.75) is 6.54 Å². The van der Waals surface area contributed by atoms with E-state index in [1.807, 2.05) is 6.07 Å². The third kappa shape index (κ3) is 2.62. The molecule has 0 aliphatic heterocycles. The summed E-state index contributed by atoms with van der Waals surface area (Å²) in [6, 6.07) is 14.0. The second-order valence-corrected chi connectivity index (χ2v) is 5.33. The van der Waals surface area contributed by atoms with Gasteiger partial charge in [-0.25, -0.2) is 4.68 Å². The average molecular weight is 344 g/mol. The van der Waals surface area contributed by atoms with Gasteiger partial charge in [0.2, 0.25) is 0 Å². The first-order valence-corrected chi connectivity index (χ1v) is 7.06. The fourth-order valence-corrected chi connectivity index (χ4v) is 2.54. The minimum Gasteiger partial charge on any atom is -0.292 e. The standard InChI is InChI=1S/C15H10BrN3O2/c16-12-7-3-1-5-10(12)14(20)9-19-15(21)11-6-2-4-8-13(11)17-18-19/h1-8H,9H2. The number of hydrogen-bond acceptors (Lipinski definition) is 4. The van der Waals surface area contributed by atoms with E-state index in [0.717, 1.165) is 4.68 Å². The fourth-order valence-electron chi connectivity index (χ4n) is 2.04. The van der Waals surface area contributed by atoms with Crippen LogP contribution in [0.1, 0.15) is 10.4 Å². The summed E-state index contributed by atoms with van der Waals surface area (Å²) >= 11 is 3.32. The molecular formula is C15H10BrN3O2. The lowest BCUT2D eigenvalue weighted by atomic mass is 10.1. The molecule has 0 unspecified atom stereocenters. The van der Waals surface area contributed by atoms with Gasteiger partial charge in [0.25, 0.3) is 5.56 Å². The zero-order valence-corrected chi connectivity index (χ0v) is 12.4. The van der Waals surface area contributed by atoms with Gasteiger partial charge in [-0.15, -0.1) is 5.10 Å². The van der Waals surface area contributed by atoms with Crippen molar-refractivity contribution in [3.05, 3.63) is 68.9 Å². The number of ketones is 1. The van der Waals surface area contributed by atoms with E-state index < -0.39 is 0 Å². The van der Waals surface area contributed by atoms with Gasteiger partial charge in [-0.1, -0.05) is 51.5 Å². The number of aromatic nitrogens is 3. The molecule has 5 nitrogen and oxygen atoms in total. The number of benzene rings is 2. The van der Waals surface area contributed by atoms with Crippen molar-refractivity contribution in [3.8, 4) is 0 Å². The van der Waals surface area contributed by atoms with Gasteiger partial charge < -0.3 is 0 Å². The third-order valence-electron chi connectivity index (χ3n) is 3.10. The molecule has 0 aliphatic carbocycles. The Kier molecular flexibility index (Phi) is 3.62. The van der Waals surface area contributed by atoms with Crippen LogP contribution in [0.2, 0.25) is 0 Å². The molecule has 0 saturated heterocycles. The number of Topliss-reactive ketones (excluding diaryl/α,β-unsaturated/α-hetero) is 1. The van der Waals surface area contributed by atoms with Crippen molar-refractivity contribution in [2.75, 3.05) is 0 Å². The number of halogens is 1. The van der Waals surface area contributed by atoms with E-state index in [-0.39, 0.29) is 17.9 Å². The van der Waals surface area contributed by atoms with Crippen LogP contribution in [-0.2, 0) is 6.54 Å². The van der Waals surface area contributed by atoms with Crippen molar-refractivity contribution in [2.24, 2.45) is 0 Å². The maximum Gasteiger partial charge on any atom is 0.278 e. The molecule has 6 heteroatoms. The highest BCUT2D eigenvalue weighted by molar-refractivity contribution is 9.10. The highest BCUT2D eigenvalue weighted by atomic mass is 79.9. The van der Waals surface area contributed by atoms with Crippen LogP contribution in [0, 0.1) is 0 Å². The topological polar surface area (TPSA) is 64.8 Å². The summed E-state index contributed by atoms with van der Waals surface area (Å²) < 4.78 is 1.78. The molecule has 3 aromatic rings. The molecule has 1 heterocycles. The quantitative estimate of drug-likeness (QED) is 0.685. The Bertz CT molecular complexity index is 889. The monoisotopic (exact) mass is 343 g/mol. The minimum atomic E-state index is -0.319. The average Bonchev–Trinajstić information content (AvgIpc) is 2.51. The van der Waals surface area contributed by atoms with Gasteiger partial charge in [0.15, 0.2) is 5.78 Å². The van der Waals surface area contributed by atoms with Crippen molar-refractivity contribution in [1.29, 1.82) is 0 Å². The van der Waals surface area contributed by atoms with Gasteiger partial charge in [-0.3, -0.25) is 9.59 Å². The van der Waals surface area contributed by atoms with Crippen molar-refractivity contribution in [1.82, 2.24) is 15.0 Å². The molecule has 2 aromatic carbocycles. The van der Waals surface area contributed by atoms with Crippen LogP contribution in [0.15, 0.2) is 57.8 Å². The number of carbonyl (C=O) groups excluding carboxylic acids is 1. The van der Waals surface area contributed by atoms with Crippen LogP contribution < -0.4 is 5.56 Å². The van der Waals surface area contributed by atoms with E-state index in [2.05, 4.69) is 26.2 Å². The summed E-state index contributed by atoms with van der Waals surface area (Å²) in [5, 5.41) is 8.23. The number of nitrogens with zero attached hydrogens (tertiary/aromatic N) is 3. The third-order valence-corrected chi connectivity index (χ3v) is 3.79. The number of rotatable bonds is 3. The predicted octanol–water partition coefficient (Wildman–Crippen LogP) is 2.44. The summed E-state index contributed by atoms with van der Waals surface area (Å²) in [5.41, 5.74) is 0.715. The Morgan fingerprint density at radius 3 is 2.62 bits per heavy atom. The van der Waals surface area contributed by atoms with E-state index in [9.17, 15) is 9.59 Å². The summed E-state index contributed by atoms with van der Waals surface area (Å²) in [6.45, 7) is -0.140. The molecule has 0 aliphatic rings. The fraction of sp³-hybridized carbons (Fsp3) is 0.0667. The summed E-state index contributed by atoms with van der Waals surface area (Å²) in [4.78, 5) is 24.5. The smallest absolute Gasteiger partial charge is 0.278 e. The van der Waals surface area contributed by atoms with Gasteiger partial charge in [0.05, 0.1) is 5.39 Å².